The monoisotopic (exact) mass is 292 g/mol. The molecule has 0 aromatic rings. The van der Waals surface area contributed by atoms with Crippen molar-refractivity contribution in [2.45, 2.75) is 57.8 Å². The van der Waals surface area contributed by atoms with Crippen molar-refractivity contribution in [3.8, 4) is 0 Å². The van der Waals surface area contributed by atoms with E-state index in [2.05, 4.69) is 39.7 Å². The van der Waals surface area contributed by atoms with Crippen molar-refractivity contribution in [2.24, 2.45) is 17.3 Å². The van der Waals surface area contributed by atoms with Gasteiger partial charge in [-0.05, 0) is 44.8 Å². The number of rotatable bonds is 5. The maximum absolute atomic E-state index is 13.1. The van der Waals surface area contributed by atoms with E-state index in [0.717, 1.165) is 19.3 Å². The van der Waals surface area contributed by atoms with Crippen LogP contribution in [0.25, 0.3) is 0 Å². The van der Waals surface area contributed by atoms with E-state index >= 15 is 0 Å². The molecule has 3 rings (SSSR count). The van der Waals surface area contributed by atoms with Crippen LogP contribution in [0.4, 0.5) is 0 Å². The molecule has 20 heavy (non-hydrogen) atoms. The Morgan fingerprint density at radius 1 is 1.40 bits per heavy atom. The standard InChI is InChI=1S/C17H28O2Si/c1-7-10-17(19-20(4,5)6)15(18)13-9-11-16(17,3)14(8-2)12-13/h7-8,13-14H,1-2,9-12H2,3-6H3/t13-,14+,16+,17-/m1/s1. The van der Waals surface area contributed by atoms with Gasteiger partial charge in [0, 0.05) is 17.8 Å². The van der Waals surface area contributed by atoms with Crippen molar-refractivity contribution < 1.29 is 9.22 Å². The van der Waals surface area contributed by atoms with Crippen LogP contribution in [-0.4, -0.2) is 19.7 Å². The Labute approximate surface area is 124 Å². The van der Waals surface area contributed by atoms with Crippen LogP contribution in [0.3, 0.4) is 0 Å². The third kappa shape index (κ3) is 2.15. The maximum Gasteiger partial charge on any atom is 0.185 e. The minimum Gasteiger partial charge on any atom is -0.404 e. The summed E-state index contributed by atoms with van der Waals surface area (Å²) < 4.78 is 6.56. The fourth-order valence-corrected chi connectivity index (χ4v) is 5.78. The molecule has 3 fully saturated rings. The summed E-state index contributed by atoms with van der Waals surface area (Å²) in [5, 5.41) is 0. The van der Waals surface area contributed by atoms with Gasteiger partial charge in [0.25, 0.3) is 0 Å². The van der Waals surface area contributed by atoms with Crippen LogP contribution >= 0.6 is 0 Å². The van der Waals surface area contributed by atoms with Gasteiger partial charge in [0.1, 0.15) is 5.60 Å². The Kier molecular flexibility index (Phi) is 3.89. The van der Waals surface area contributed by atoms with Crippen molar-refractivity contribution in [2.75, 3.05) is 0 Å². The van der Waals surface area contributed by atoms with Crippen LogP contribution in [-0.2, 0) is 9.22 Å². The third-order valence-electron chi connectivity index (χ3n) is 5.26. The lowest BCUT2D eigenvalue weighted by Gasteiger charge is -2.61. The summed E-state index contributed by atoms with van der Waals surface area (Å²) in [6.07, 6.45) is 7.56. The minimum absolute atomic E-state index is 0.130. The summed E-state index contributed by atoms with van der Waals surface area (Å²) in [5.74, 6) is 0.845. The lowest BCUT2D eigenvalue weighted by molar-refractivity contribution is -0.181. The number of Topliss-reactive ketones (excluding diaryl/α,β-unsaturated/α-hetero) is 1. The van der Waals surface area contributed by atoms with E-state index in [9.17, 15) is 4.79 Å². The number of carbonyl (C=O) groups is 1. The van der Waals surface area contributed by atoms with Gasteiger partial charge in [0.05, 0.1) is 0 Å². The summed E-state index contributed by atoms with van der Waals surface area (Å²) >= 11 is 0. The molecule has 4 atom stereocenters. The highest BCUT2D eigenvalue weighted by Crippen LogP contribution is 2.60. The van der Waals surface area contributed by atoms with Crippen LogP contribution in [0.1, 0.15) is 32.6 Å². The minimum atomic E-state index is -1.83. The Morgan fingerprint density at radius 2 is 2.05 bits per heavy atom. The second-order valence-corrected chi connectivity index (χ2v) is 12.1. The van der Waals surface area contributed by atoms with Gasteiger partial charge >= 0.3 is 0 Å². The van der Waals surface area contributed by atoms with Crippen LogP contribution in [0.5, 0.6) is 0 Å². The molecule has 3 aliphatic carbocycles. The highest BCUT2D eigenvalue weighted by atomic mass is 28.4. The third-order valence-corrected chi connectivity index (χ3v) is 6.22. The van der Waals surface area contributed by atoms with Crippen molar-refractivity contribution in [3.63, 3.8) is 0 Å². The summed E-state index contributed by atoms with van der Waals surface area (Å²) in [6.45, 7) is 16.6. The first-order valence-electron chi connectivity index (χ1n) is 7.68. The molecule has 0 aromatic carbocycles. The highest BCUT2D eigenvalue weighted by Gasteiger charge is 2.65. The molecular weight excluding hydrogens is 264 g/mol. The van der Waals surface area contributed by atoms with Gasteiger partial charge in [-0.1, -0.05) is 19.1 Å². The largest absolute Gasteiger partial charge is 0.404 e. The Morgan fingerprint density at radius 3 is 2.55 bits per heavy atom. The second-order valence-electron chi connectivity index (χ2n) is 7.63. The average molecular weight is 292 g/mol. The summed E-state index contributed by atoms with van der Waals surface area (Å²) in [6, 6.07) is 0. The molecule has 0 spiro atoms. The van der Waals surface area contributed by atoms with Crippen LogP contribution in [0.2, 0.25) is 19.6 Å². The summed E-state index contributed by atoms with van der Waals surface area (Å²) in [7, 11) is -1.83. The number of hydrogen-bond acceptors (Lipinski definition) is 2. The molecule has 0 saturated heterocycles. The molecule has 0 amide bonds. The van der Waals surface area contributed by atoms with Crippen molar-refractivity contribution in [3.05, 3.63) is 25.3 Å². The van der Waals surface area contributed by atoms with Gasteiger partial charge in [0.2, 0.25) is 0 Å². The molecule has 0 heterocycles. The number of fused-ring (bicyclic) bond motifs is 3. The van der Waals surface area contributed by atoms with Gasteiger partial charge in [-0.3, -0.25) is 4.79 Å². The molecule has 0 unspecified atom stereocenters. The van der Waals surface area contributed by atoms with Gasteiger partial charge < -0.3 is 4.43 Å². The van der Waals surface area contributed by atoms with Crippen LogP contribution in [0, 0.1) is 17.3 Å². The lowest BCUT2D eigenvalue weighted by atomic mass is 9.47. The van der Waals surface area contributed by atoms with Crippen LogP contribution in [0.15, 0.2) is 25.3 Å². The molecular formula is C17H28O2Si. The van der Waals surface area contributed by atoms with E-state index in [4.69, 9.17) is 4.43 Å². The Balaban J connectivity index is 2.54. The van der Waals surface area contributed by atoms with Crippen molar-refractivity contribution >= 4 is 14.1 Å². The zero-order valence-electron chi connectivity index (χ0n) is 13.4. The number of hydrogen-bond donors (Lipinski definition) is 0. The van der Waals surface area contributed by atoms with Crippen molar-refractivity contribution in [1.29, 1.82) is 0 Å². The number of ketones is 1. The molecule has 2 nitrogen and oxygen atoms in total. The molecule has 3 heteroatoms. The van der Waals surface area contributed by atoms with E-state index in [1.807, 2.05) is 12.2 Å². The van der Waals surface area contributed by atoms with Crippen molar-refractivity contribution in [1.82, 2.24) is 0 Å². The van der Waals surface area contributed by atoms with Gasteiger partial charge in [0.15, 0.2) is 14.1 Å². The predicted octanol–water partition coefficient (Wildman–Crippen LogP) is 4.34. The smallest absolute Gasteiger partial charge is 0.185 e. The van der Waals surface area contributed by atoms with Gasteiger partial charge in [-0.2, -0.15) is 0 Å². The molecule has 0 aliphatic heterocycles. The first-order chi connectivity index (χ1) is 9.20. The fourth-order valence-electron chi connectivity index (χ4n) is 4.32. The first-order valence-corrected chi connectivity index (χ1v) is 11.1. The van der Waals surface area contributed by atoms with Gasteiger partial charge in [-0.15, -0.1) is 13.2 Å². The fraction of sp³-hybridized carbons (Fsp3) is 0.706. The lowest BCUT2D eigenvalue weighted by Crippen LogP contribution is -2.68. The summed E-state index contributed by atoms with van der Waals surface area (Å²) in [5.41, 5.74) is -0.797. The predicted molar refractivity (Wildman–Crippen MR) is 86.1 cm³/mol. The van der Waals surface area contributed by atoms with Crippen LogP contribution < -0.4 is 0 Å². The van der Waals surface area contributed by atoms with E-state index in [-0.39, 0.29) is 11.3 Å². The topological polar surface area (TPSA) is 26.3 Å². The number of allylic oxidation sites excluding steroid dienone is 1. The SMILES string of the molecule is C=CC[C@@]1(O[Si](C)(C)C)C(=O)[C@@H]2CC[C@@]1(C)[C@@H](C=C)C2. The Bertz CT molecular complexity index is 437. The maximum atomic E-state index is 13.1. The molecule has 3 saturated carbocycles. The molecule has 112 valence electrons. The second kappa shape index (κ2) is 4.95. The highest BCUT2D eigenvalue weighted by molar-refractivity contribution is 6.70. The molecule has 0 N–H and O–H groups in total. The first kappa shape index (κ1) is 15.7. The summed E-state index contributed by atoms with van der Waals surface area (Å²) in [4.78, 5) is 13.1. The zero-order chi connectivity index (χ0) is 15.2. The van der Waals surface area contributed by atoms with E-state index in [0.29, 0.717) is 18.1 Å². The van der Waals surface area contributed by atoms with E-state index in [1.54, 1.807) is 0 Å². The normalized spacial score (nSPS) is 40.7. The Hall–Kier alpha value is -0.673. The number of carbonyl (C=O) groups excluding carboxylic acids is 1. The molecule has 0 aromatic heterocycles. The van der Waals surface area contributed by atoms with Gasteiger partial charge in [-0.25, -0.2) is 0 Å². The van der Waals surface area contributed by atoms with E-state index in [1.165, 1.54) is 0 Å². The molecule has 3 aliphatic rings. The van der Waals surface area contributed by atoms with E-state index < -0.39 is 13.9 Å². The zero-order valence-corrected chi connectivity index (χ0v) is 14.4. The quantitative estimate of drug-likeness (QED) is 0.556. The average Bonchev–Trinajstić information content (AvgIpc) is 2.34. The molecule has 0 radical (unpaired) electrons. The molecule has 2 bridgehead atoms.